The van der Waals surface area contributed by atoms with Gasteiger partial charge in [-0.2, -0.15) is 0 Å². The minimum Gasteiger partial charge on any atom is -0.493 e. The summed E-state index contributed by atoms with van der Waals surface area (Å²) in [6, 6.07) is 27.7. The molecule has 0 amide bonds. The van der Waals surface area contributed by atoms with Gasteiger partial charge in [0.15, 0.2) is 0 Å². The second-order valence-electron chi connectivity index (χ2n) is 7.71. The molecule has 4 nitrogen and oxygen atoms in total. The Kier molecular flexibility index (Phi) is 6.38. The van der Waals surface area contributed by atoms with Crippen molar-refractivity contribution >= 4 is 45.0 Å². The van der Waals surface area contributed by atoms with E-state index in [1.807, 2.05) is 42.5 Å². The van der Waals surface area contributed by atoms with Crippen LogP contribution in [0.15, 0.2) is 84.9 Å². The van der Waals surface area contributed by atoms with Crippen LogP contribution in [0.3, 0.4) is 0 Å². The highest BCUT2D eigenvalue weighted by molar-refractivity contribution is 6.35. The number of ether oxygens (including phenoxy) is 2. The molecule has 0 fully saturated rings. The van der Waals surface area contributed by atoms with E-state index < -0.39 is 0 Å². The van der Waals surface area contributed by atoms with Gasteiger partial charge in [-0.15, -0.1) is 0 Å². The maximum atomic E-state index is 6.26. The van der Waals surface area contributed by atoms with E-state index in [1.54, 1.807) is 18.2 Å². The minimum absolute atomic E-state index is 0.306. The van der Waals surface area contributed by atoms with Crippen molar-refractivity contribution in [2.75, 3.05) is 6.61 Å². The number of fused-ring (bicyclic) bond motifs is 2. The first-order valence-corrected chi connectivity index (χ1v) is 11.6. The quantitative estimate of drug-likeness (QED) is 0.217. The van der Waals surface area contributed by atoms with Crippen molar-refractivity contribution in [1.82, 2.24) is 9.55 Å². The Balaban J connectivity index is 1.30. The summed E-state index contributed by atoms with van der Waals surface area (Å²) in [5, 5.41) is 3.36. The number of rotatable bonds is 8. The molecular formula is C27H22Cl2N2O2. The molecule has 1 aromatic heterocycles. The zero-order valence-electron chi connectivity index (χ0n) is 17.9. The molecule has 0 aliphatic rings. The fraction of sp³-hybridized carbons (Fsp3) is 0.148. The molecule has 0 spiro atoms. The molecule has 0 N–H and O–H groups in total. The number of imidazole rings is 1. The van der Waals surface area contributed by atoms with Gasteiger partial charge in [0.05, 0.1) is 22.7 Å². The number of nitrogens with zero attached hydrogens (tertiary/aromatic N) is 2. The van der Waals surface area contributed by atoms with Gasteiger partial charge in [0.2, 0.25) is 0 Å². The first-order chi connectivity index (χ1) is 16.2. The molecule has 0 bridgehead atoms. The molecule has 166 valence electrons. The summed E-state index contributed by atoms with van der Waals surface area (Å²) in [6.45, 7) is 1.67. The van der Waals surface area contributed by atoms with Gasteiger partial charge in [0.25, 0.3) is 0 Å². The lowest BCUT2D eigenvalue weighted by Gasteiger charge is -2.13. The third-order valence-corrected chi connectivity index (χ3v) is 6.05. The predicted octanol–water partition coefficient (Wildman–Crippen LogP) is 7.54. The minimum atomic E-state index is 0.306. The normalized spacial score (nSPS) is 11.2. The Morgan fingerprint density at radius 1 is 0.788 bits per heavy atom. The van der Waals surface area contributed by atoms with E-state index in [0.717, 1.165) is 41.0 Å². The molecule has 6 heteroatoms. The standard InChI is InChI=1S/C27H22Cl2N2O2/c28-20-13-14-26(22(29)17-20)33-18-27-30-23-10-3-4-11-24(23)31(27)15-6-16-32-25-12-5-8-19-7-1-2-9-21(19)25/h1-5,7-14,17H,6,15-16,18H2. The molecule has 1 heterocycles. The zero-order valence-corrected chi connectivity index (χ0v) is 19.4. The molecule has 0 radical (unpaired) electrons. The van der Waals surface area contributed by atoms with E-state index in [-0.39, 0.29) is 0 Å². The molecule has 5 aromatic rings. The summed E-state index contributed by atoms with van der Waals surface area (Å²) in [4.78, 5) is 4.78. The molecular weight excluding hydrogens is 455 g/mol. The number of hydrogen-bond acceptors (Lipinski definition) is 3. The van der Waals surface area contributed by atoms with Crippen LogP contribution in [-0.4, -0.2) is 16.2 Å². The van der Waals surface area contributed by atoms with Crippen LogP contribution < -0.4 is 9.47 Å². The van der Waals surface area contributed by atoms with Crippen LogP contribution in [0, 0.1) is 0 Å². The average Bonchev–Trinajstić information content (AvgIpc) is 3.19. The van der Waals surface area contributed by atoms with Gasteiger partial charge in [0.1, 0.15) is 23.9 Å². The lowest BCUT2D eigenvalue weighted by Crippen LogP contribution is -2.10. The number of para-hydroxylation sites is 2. The van der Waals surface area contributed by atoms with Gasteiger partial charge in [-0.05, 0) is 48.2 Å². The largest absolute Gasteiger partial charge is 0.493 e. The van der Waals surface area contributed by atoms with Crippen LogP contribution in [-0.2, 0) is 13.2 Å². The van der Waals surface area contributed by atoms with Crippen LogP contribution in [0.5, 0.6) is 11.5 Å². The molecule has 0 aliphatic carbocycles. The van der Waals surface area contributed by atoms with Crippen molar-refractivity contribution in [2.45, 2.75) is 19.6 Å². The van der Waals surface area contributed by atoms with Gasteiger partial charge >= 0.3 is 0 Å². The number of hydrogen-bond donors (Lipinski definition) is 0. The van der Waals surface area contributed by atoms with Crippen LogP contribution in [0.1, 0.15) is 12.2 Å². The van der Waals surface area contributed by atoms with Crippen molar-refractivity contribution in [3.8, 4) is 11.5 Å². The molecule has 0 aliphatic heterocycles. The monoisotopic (exact) mass is 476 g/mol. The van der Waals surface area contributed by atoms with Crippen molar-refractivity contribution in [3.05, 3.63) is 101 Å². The lowest BCUT2D eigenvalue weighted by molar-refractivity contribution is 0.281. The smallest absolute Gasteiger partial charge is 0.148 e. The molecule has 0 saturated carbocycles. The number of aromatic nitrogens is 2. The van der Waals surface area contributed by atoms with Gasteiger partial charge in [0, 0.05) is 17.0 Å². The van der Waals surface area contributed by atoms with E-state index in [0.29, 0.717) is 29.0 Å². The molecule has 33 heavy (non-hydrogen) atoms. The van der Waals surface area contributed by atoms with Gasteiger partial charge < -0.3 is 14.0 Å². The summed E-state index contributed by atoms with van der Waals surface area (Å²) in [5.74, 6) is 2.33. The molecule has 4 aromatic carbocycles. The first kappa shape index (κ1) is 21.6. The number of benzene rings is 4. The second-order valence-corrected chi connectivity index (χ2v) is 8.55. The third kappa shape index (κ3) is 4.77. The van der Waals surface area contributed by atoms with Crippen LogP contribution >= 0.6 is 23.2 Å². The fourth-order valence-electron chi connectivity index (χ4n) is 3.95. The second kappa shape index (κ2) is 9.74. The maximum Gasteiger partial charge on any atom is 0.148 e. The summed E-state index contributed by atoms with van der Waals surface area (Å²) in [7, 11) is 0. The summed E-state index contributed by atoms with van der Waals surface area (Å²) >= 11 is 12.3. The van der Waals surface area contributed by atoms with E-state index in [4.69, 9.17) is 37.7 Å². The van der Waals surface area contributed by atoms with E-state index in [1.165, 1.54) is 5.39 Å². The highest BCUT2D eigenvalue weighted by Gasteiger charge is 2.12. The molecule has 0 unspecified atom stereocenters. The van der Waals surface area contributed by atoms with Gasteiger partial charge in [-0.25, -0.2) is 4.98 Å². The van der Waals surface area contributed by atoms with Gasteiger partial charge in [-0.1, -0.05) is 71.7 Å². The molecule has 0 atom stereocenters. The molecule has 0 saturated heterocycles. The lowest BCUT2D eigenvalue weighted by atomic mass is 10.1. The predicted molar refractivity (Wildman–Crippen MR) is 135 cm³/mol. The SMILES string of the molecule is Clc1ccc(OCc2nc3ccccc3n2CCCOc2cccc3ccccc23)c(Cl)c1. The summed E-state index contributed by atoms with van der Waals surface area (Å²) in [5.41, 5.74) is 2.01. The molecule has 5 rings (SSSR count). The Morgan fingerprint density at radius 3 is 2.52 bits per heavy atom. The topological polar surface area (TPSA) is 36.3 Å². The highest BCUT2D eigenvalue weighted by Crippen LogP contribution is 2.29. The van der Waals surface area contributed by atoms with Crippen LogP contribution in [0.25, 0.3) is 21.8 Å². The van der Waals surface area contributed by atoms with Crippen LogP contribution in [0.4, 0.5) is 0 Å². The maximum absolute atomic E-state index is 6.26. The van der Waals surface area contributed by atoms with Gasteiger partial charge in [-0.3, -0.25) is 0 Å². The summed E-state index contributed by atoms with van der Waals surface area (Å²) < 4.78 is 14.3. The Morgan fingerprint density at radius 2 is 1.61 bits per heavy atom. The number of halogens is 2. The van der Waals surface area contributed by atoms with E-state index >= 15 is 0 Å². The Bertz CT molecular complexity index is 1410. The van der Waals surface area contributed by atoms with Crippen molar-refractivity contribution in [3.63, 3.8) is 0 Å². The fourth-order valence-corrected chi connectivity index (χ4v) is 4.41. The zero-order chi connectivity index (χ0) is 22.6. The van der Waals surface area contributed by atoms with Crippen molar-refractivity contribution in [2.24, 2.45) is 0 Å². The third-order valence-electron chi connectivity index (χ3n) is 5.52. The van der Waals surface area contributed by atoms with E-state index in [2.05, 4.69) is 28.8 Å². The highest BCUT2D eigenvalue weighted by atomic mass is 35.5. The van der Waals surface area contributed by atoms with Crippen LogP contribution in [0.2, 0.25) is 10.0 Å². The summed E-state index contributed by atoms with van der Waals surface area (Å²) in [6.07, 6.45) is 0.832. The number of aryl methyl sites for hydroxylation is 1. The Labute approximate surface area is 202 Å². The van der Waals surface area contributed by atoms with E-state index in [9.17, 15) is 0 Å². The Hall–Kier alpha value is -3.21. The van der Waals surface area contributed by atoms with Crippen molar-refractivity contribution in [1.29, 1.82) is 0 Å². The van der Waals surface area contributed by atoms with Crippen molar-refractivity contribution < 1.29 is 9.47 Å². The average molecular weight is 477 g/mol. The first-order valence-electron chi connectivity index (χ1n) is 10.8.